The van der Waals surface area contributed by atoms with Crippen LogP contribution in [0.2, 0.25) is 0 Å². The lowest BCUT2D eigenvalue weighted by molar-refractivity contribution is -0.141. The SMILES string of the molecule is CCCC(=O)N(Cc1cccc(OC)c1)[C@H](Cc1ccccc1)C(=O)NC1CCCCC1. The van der Waals surface area contributed by atoms with Gasteiger partial charge in [0.1, 0.15) is 11.8 Å². The second-order valence-electron chi connectivity index (χ2n) is 8.67. The second kappa shape index (κ2) is 12.3. The molecule has 1 aliphatic rings. The molecular weight excluding hydrogens is 400 g/mol. The predicted octanol–water partition coefficient (Wildman–Crippen LogP) is 4.88. The van der Waals surface area contributed by atoms with Gasteiger partial charge >= 0.3 is 0 Å². The monoisotopic (exact) mass is 436 g/mol. The van der Waals surface area contributed by atoms with Crippen molar-refractivity contribution in [2.45, 2.75) is 76.9 Å². The van der Waals surface area contributed by atoms with E-state index in [2.05, 4.69) is 5.32 Å². The van der Waals surface area contributed by atoms with Gasteiger partial charge in [-0.15, -0.1) is 0 Å². The fourth-order valence-electron chi connectivity index (χ4n) is 4.42. The molecule has 5 nitrogen and oxygen atoms in total. The topological polar surface area (TPSA) is 58.6 Å². The number of hydrogen-bond acceptors (Lipinski definition) is 3. The van der Waals surface area contributed by atoms with Gasteiger partial charge in [-0.05, 0) is 42.5 Å². The van der Waals surface area contributed by atoms with E-state index in [1.54, 1.807) is 12.0 Å². The standard InChI is InChI=1S/C27H36N2O3/c1-3-11-26(30)29(20-22-14-10-17-24(18-22)32-2)25(19-21-12-6-4-7-13-21)27(31)28-23-15-8-5-9-16-23/h4,6-7,10,12-14,17-18,23,25H,3,5,8-9,11,15-16,19-20H2,1-2H3,(H,28,31)/t25-/m1/s1. The minimum absolute atomic E-state index is 0.00930. The number of carbonyl (C=O) groups is 2. The van der Waals surface area contributed by atoms with Gasteiger partial charge in [0.05, 0.1) is 7.11 Å². The molecule has 1 aliphatic carbocycles. The molecule has 172 valence electrons. The van der Waals surface area contributed by atoms with Gasteiger partial charge < -0.3 is 15.0 Å². The van der Waals surface area contributed by atoms with E-state index in [4.69, 9.17) is 4.74 Å². The third kappa shape index (κ3) is 6.84. The van der Waals surface area contributed by atoms with Crippen LogP contribution in [0.3, 0.4) is 0 Å². The molecule has 0 bridgehead atoms. The molecule has 5 heteroatoms. The maximum atomic E-state index is 13.5. The smallest absolute Gasteiger partial charge is 0.243 e. The lowest BCUT2D eigenvalue weighted by Gasteiger charge is -2.33. The number of carbonyl (C=O) groups excluding carboxylic acids is 2. The molecule has 1 N–H and O–H groups in total. The lowest BCUT2D eigenvalue weighted by Crippen LogP contribution is -2.52. The van der Waals surface area contributed by atoms with E-state index >= 15 is 0 Å². The maximum Gasteiger partial charge on any atom is 0.243 e. The van der Waals surface area contributed by atoms with Gasteiger partial charge in [0, 0.05) is 25.4 Å². The first-order valence-corrected chi connectivity index (χ1v) is 11.9. The fourth-order valence-corrected chi connectivity index (χ4v) is 4.42. The van der Waals surface area contributed by atoms with Gasteiger partial charge in [-0.2, -0.15) is 0 Å². The molecule has 1 saturated carbocycles. The number of hydrogen-bond donors (Lipinski definition) is 1. The Morgan fingerprint density at radius 1 is 1.03 bits per heavy atom. The normalized spacial score (nSPS) is 15.1. The average molecular weight is 437 g/mol. The predicted molar refractivity (Wildman–Crippen MR) is 127 cm³/mol. The van der Waals surface area contributed by atoms with Crippen LogP contribution in [0.15, 0.2) is 54.6 Å². The molecule has 2 amide bonds. The van der Waals surface area contributed by atoms with E-state index < -0.39 is 6.04 Å². The highest BCUT2D eigenvalue weighted by Crippen LogP contribution is 2.21. The minimum Gasteiger partial charge on any atom is -0.497 e. The molecule has 1 fully saturated rings. The highest BCUT2D eigenvalue weighted by atomic mass is 16.5. The molecule has 0 saturated heterocycles. The molecule has 1 atom stereocenters. The Kier molecular flexibility index (Phi) is 9.14. The van der Waals surface area contributed by atoms with Crippen LogP contribution in [0.25, 0.3) is 0 Å². The van der Waals surface area contributed by atoms with E-state index in [1.165, 1.54) is 6.42 Å². The van der Waals surface area contributed by atoms with Crippen molar-refractivity contribution in [3.63, 3.8) is 0 Å². The number of rotatable bonds is 10. The first-order valence-electron chi connectivity index (χ1n) is 11.9. The molecule has 0 radical (unpaired) electrons. The Morgan fingerprint density at radius 2 is 1.75 bits per heavy atom. The lowest BCUT2D eigenvalue weighted by atomic mass is 9.94. The van der Waals surface area contributed by atoms with Crippen molar-refractivity contribution in [3.05, 3.63) is 65.7 Å². The van der Waals surface area contributed by atoms with Crippen LogP contribution in [0.1, 0.15) is 63.0 Å². The highest BCUT2D eigenvalue weighted by molar-refractivity contribution is 5.88. The molecule has 32 heavy (non-hydrogen) atoms. The summed E-state index contributed by atoms with van der Waals surface area (Å²) in [6, 6.07) is 17.3. The molecule has 0 heterocycles. The second-order valence-corrected chi connectivity index (χ2v) is 8.67. The Morgan fingerprint density at radius 3 is 2.44 bits per heavy atom. The van der Waals surface area contributed by atoms with E-state index in [9.17, 15) is 9.59 Å². The summed E-state index contributed by atoms with van der Waals surface area (Å²) in [5.41, 5.74) is 2.01. The number of nitrogens with zero attached hydrogens (tertiary/aromatic N) is 1. The maximum absolute atomic E-state index is 13.5. The van der Waals surface area contributed by atoms with Crippen molar-refractivity contribution in [2.75, 3.05) is 7.11 Å². The number of ether oxygens (including phenoxy) is 1. The number of amides is 2. The third-order valence-electron chi connectivity index (χ3n) is 6.17. The zero-order valence-corrected chi connectivity index (χ0v) is 19.4. The zero-order valence-electron chi connectivity index (χ0n) is 19.4. The van der Waals surface area contributed by atoms with Crippen LogP contribution in [-0.2, 0) is 22.6 Å². The van der Waals surface area contributed by atoms with Gasteiger partial charge in [0.2, 0.25) is 11.8 Å². The number of benzene rings is 2. The Hall–Kier alpha value is -2.82. The molecule has 0 aromatic heterocycles. The molecule has 3 rings (SSSR count). The van der Waals surface area contributed by atoms with Crippen LogP contribution < -0.4 is 10.1 Å². The first-order chi connectivity index (χ1) is 15.6. The van der Waals surface area contributed by atoms with Crippen LogP contribution in [0, 0.1) is 0 Å². The van der Waals surface area contributed by atoms with Crippen molar-refractivity contribution < 1.29 is 14.3 Å². The van der Waals surface area contributed by atoms with Crippen LogP contribution in [0.4, 0.5) is 0 Å². The molecule has 2 aromatic rings. The quantitative estimate of drug-likeness (QED) is 0.577. The molecule has 0 spiro atoms. The van der Waals surface area contributed by atoms with Crippen molar-refractivity contribution in [1.29, 1.82) is 0 Å². The van der Waals surface area contributed by atoms with Crippen LogP contribution >= 0.6 is 0 Å². The summed E-state index contributed by atoms with van der Waals surface area (Å²) in [7, 11) is 1.63. The minimum atomic E-state index is -0.551. The number of nitrogens with one attached hydrogen (secondary N) is 1. The highest BCUT2D eigenvalue weighted by Gasteiger charge is 2.31. The fraction of sp³-hybridized carbons (Fsp3) is 0.481. The van der Waals surface area contributed by atoms with Crippen molar-refractivity contribution in [1.82, 2.24) is 10.2 Å². The van der Waals surface area contributed by atoms with Crippen molar-refractivity contribution >= 4 is 11.8 Å². The van der Waals surface area contributed by atoms with E-state index in [1.807, 2.05) is 61.5 Å². The third-order valence-corrected chi connectivity index (χ3v) is 6.17. The summed E-state index contributed by atoms with van der Waals surface area (Å²) < 4.78 is 5.37. The van der Waals surface area contributed by atoms with Gasteiger partial charge in [-0.3, -0.25) is 9.59 Å². The molecule has 2 aromatic carbocycles. The van der Waals surface area contributed by atoms with Gasteiger partial charge in [0.25, 0.3) is 0 Å². The van der Waals surface area contributed by atoms with Crippen LogP contribution in [-0.4, -0.2) is 35.9 Å². The summed E-state index contributed by atoms with van der Waals surface area (Å²) in [5, 5.41) is 3.27. The summed E-state index contributed by atoms with van der Waals surface area (Å²) in [5.74, 6) is 0.708. The summed E-state index contributed by atoms with van der Waals surface area (Å²) in [6.07, 6.45) is 7.23. The Bertz CT molecular complexity index is 862. The first kappa shape index (κ1) is 23.8. The molecule has 0 unspecified atom stereocenters. The van der Waals surface area contributed by atoms with Crippen molar-refractivity contribution in [2.24, 2.45) is 0 Å². The molecular formula is C27H36N2O3. The number of methoxy groups -OCH3 is 1. The van der Waals surface area contributed by atoms with Crippen LogP contribution in [0.5, 0.6) is 5.75 Å². The van der Waals surface area contributed by atoms with Crippen molar-refractivity contribution in [3.8, 4) is 5.75 Å². The molecule has 0 aliphatic heterocycles. The summed E-state index contributed by atoms with van der Waals surface area (Å²) in [4.78, 5) is 28.6. The Labute approximate surface area is 192 Å². The Balaban J connectivity index is 1.88. The van der Waals surface area contributed by atoms with Gasteiger partial charge in [-0.25, -0.2) is 0 Å². The van der Waals surface area contributed by atoms with Gasteiger partial charge in [0.15, 0.2) is 0 Å². The summed E-state index contributed by atoms with van der Waals surface area (Å²) in [6.45, 7) is 2.38. The van der Waals surface area contributed by atoms with E-state index in [0.717, 1.165) is 49.0 Å². The van der Waals surface area contributed by atoms with E-state index in [-0.39, 0.29) is 17.9 Å². The average Bonchev–Trinajstić information content (AvgIpc) is 2.83. The summed E-state index contributed by atoms with van der Waals surface area (Å²) >= 11 is 0. The van der Waals surface area contributed by atoms with Gasteiger partial charge in [-0.1, -0.05) is 68.7 Å². The van der Waals surface area contributed by atoms with E-state index in [0.29, 0.717) is 19.4 Å². The zero-order chi connectivity index (χ0) is 22.8. The largest absolute Gasteiger partial charge is 0.497 e.